The highest BCUT2D eigenvalue weighted by Gasteiger charge is 2.23. The second kappa shape index (κ2) is 9.42. The third kappa shape index (κ3) is 4.98. The average Bonchev–Trinajstić information content (AvgIpc) is 3.24. The summed E-state index contributed by atoms with van der Waals surface area (Å²) in [6.45, 7) is 9.10. The van der Waals surface area contributed by atoms with Crippen LogP contribution in [-0.4, -0.2) is 63.3 Å². The lowest BCUT2D eigenvalue weighted by molar-refractivity contribution is 0.0949. The monoisotopic (exact) mass is 393 g/mol. The Kier molecular flexibility index (Phi) is 6.47. The second-order valence-electron chi connectivity index (χ2n) is 8.05. The van der Waals surface area contributed by atoms with Crippen LogP contribution in [-0.2, 0) is 4.74 Å². The van der Waals surface area contributed by atoms with Gasteiger partial charge in [0.1, 0.15) is 0 Å². The number of benzene rings is 2. The van der Waals surface area contributed by atoms with Crippen molar-refractivity contribution in [1.29, 1.82) is 0 Å². The molecule has 154 valence electrons. The molecule has 1 atom stereocenters. The normalized spacial score (nSPS) is 20.0. The minimum atomic E-state index is 0.0123. The maximum Gasteiger partial charge on any atom is 0.251 e. The number of rotatable bonds is 6. The van der Waals surface area contributed by atoms with E-state index < -0.39 is 0 Å². The van der Waals surface area contributed by atoms with E-state index in [1.807, 2.05) is 18.2 Å². The molecule has 0 bridgehead atoms. The van der Waals surface area contributed by atoms with E-state index in [-0.39, 0.29) is 5.91 Å². The fraction of sp³-hybridized carbons (Fsp3) is 0.458. The van der Waals surface area contributed by atoms with Crippen molar-refractivity contribution in [2.24, 2.45) is 0 Å². The fourth-order valence-electron chi connectivity index (χ4n) is 4.36. The van der Waals surface area contributed by atoms with Gasteiger partial charge in [-0.15, -0.1) is 0 Å². The van der Waals surface area contributed by atoms with Crippen molar-refractivity contribution in [2.45, 2.75) is 19.3 Å². The molecule has 5 nitrogen and oxygen atoms in total. The Morgan fingerprint density at radius 1 is 1.10 bits per heavy atom. The third-order valence-electron chi connectivity index (χ3n) is 6.08. The van der Waals surface area contributed by atoms with Crippen LogP contribution in [0.25, 0.3) is 0 Å². The van der Waals surface area contributed by atoms with Crippen molar-refractivity contribution < 1.29 is 9.53 Å². The quantitative estimate of drug-likeness (QED) is 0.819. The van der Waals surface area contributed by atoms with Crippen molar-refractivity contribution in [3.8, 4) is 0 Å². The highest BCUT2D eigenvalue weighted by atomic mass is 16.5. The molecule has 0 aliphatic carbocycles. The summed E-state index contributed by atoms with van der Waals surface area (Å²) < 4.78 is 5.45. The zero-order valence-electron chi connectivity index (χ0n) is 17.3. The van der Waals surface area contributed by atoms with Crippen LogP contribution in [0.15, 0.2) is 48.5 Å². The molecule has 2 aromatic carbocycles. The minimum Gasteiger partial charge on any atom is -0.378 e. The summed E-state index contributed by atoms with van der Waals surface area (Å²) in [6.07, 6.45) is 1.19. The maximum atomic E-state index is 12.7. The lowest BCUT2D eigenvalue weighted by atomic mass is 9.99. The Labute approximate surface area is 173 Å². The van der Waals surface area contributed by atoms with Gasteiger partial charge >= 0.3 is 0 Å². The molecule has 0 saturated carbocycles. The van der Waals surface area contributed by atoms with Crippen molar-refractivity contribution in [2.75, 3.05) is 57.4 Å². The first-order valence-corrected chi connectivity index (χ1v) is 10.7. The van der Waals surface area contributed by atoms with Gasteiger partial charge in [0.15, 0.2) is 0 Å². The SMILES string of the molecule is Cc1ccc(C(=O)NCCN2CCC(c3ccccc3)C2)cc1N1CCOCC1. The van der Waals surface area contributed by atoms with Crippen LogP contribution in [0.3, 0.4) is 0 Å². The summed E-state index contributed by atoms with van der Waals surface area (Å²) in [6, 6.07) is 16.7. The van der Waals surface area contributed by atoms with Crippen LogP contribution in [0.4, 0.5) is 5.69 Å². The van der Waals surface area contributed by atoms with Gasteiger partial charge in [-0.25, -0.2) is 0 Å². The number of hydrogen-bond donors (Lipinski definition) is 1. The number of carbonyl (C=O) groups is 1. The van der Waals surface area contributed by atoms with Crippen LogP contribution >= 0.6 is 0 Å². The summed E-state index contributed by atoms with van der Waals surface area (Å²) in [5.41, 5.74) is 4.51. The molecule has 2 aromatic rings. The van der Waals surface area contributed by atoms with Gasteiger partial charge in [0.25, 0.3) is 5.91 Å². The van der Waals surface area contributed by atoms with Gasteiger partial charge in [-0.1, -0.05) is 36.4 Å². The van der Waals surface area contributed by atoms with E-state index in [4.69, 9.17) is 4.74 Å². The summed E-state index contributed by atoms with van der Waals surface area (Å²) in [5.74, 6) is 0.624. The van der Waals surface area contributed by atoms with E-state index in [1.54, 1.807) is 0 Å². The molecule has 2 fully saturated rings. The molecular weight excluding hydrogens is 362 g/mol. The van der Waals surface area contributed by atoms with Crippen molar-refractivity contribution in [3.63, 3.8) is 0 Å². The number of likely N-dealkylation sites (tertiary alicyclic amines) is 1. The molecular formula is C24H31N3O2. The number of morpholine rings is 1. The molecule has 4 rings (SSSR count). The Bertz CT molecular complexity index is 818. The fourth-order valence-corrected chi connectivity index (χ4v) is 4.36. The maximum absolute atomic E-state index is 12.7. The first kappa shape index (κ1) is 19.9. The van der Waals surface area contributed by atoms with Gasteiger partial charge in [0, 0.05) is 44.0 Å². The number of amides is 1. The lowest BCUT2D eigenvalue weighted by Gasteiger charge is -2.30. The first-order valence-electron chi connectivity index (χ1n) is 10.7. The molecule has 2 saturated heterocycles. The smallest absolute Gasteiger partial charge is 0.251 e. The number of ether oxygens (including phenoxy) is 1. The Balaban J connectivity index is 1.28. The molecule has 29 heavy (non-hydrogen) atoms. The molecule has 2 heterocycles. The van der Waals surface area contributed by atoms with Gasteiger partial charge < -0.3 is 19.9 Å². The molecule has 1 unspecified atom stereocenters. The molecule has 2 aliphatic heterocycles. The number of anilines is 1. The predicted molar refractivity (Wildman–Crippen MR) is 117 cm³/mol. The van der Waals surface area contributed by atoms with Crippen LogP contribution in [0.5, 0.6) is 0 Å². The number of aryl methyl sites for hydroxylation is 1. The van der Waals surface area contributed by atoms with E-state index >= 15 is 0 Å². The number of nitrogens with one attached hydrogen (secondary N) is 1. The van der Waals surface area contributed by atoms with Crippen molar-refractivity contribution >= 4 is 11.6 Å². The van der Waals surface area contributed by atoms with Gasteiger partial charge in [-0.3, -0.25) is 4.79 Å². The van der Waals surface area contributed by atoms with E-state index in [0.717, 1.165) is 57.2 Å². The van der Waals surface area contributed by atoms with Crippen LogP contribution < -0.4 is 10.2 Å². The largest absolute Gasteiger partial charge is 0.378 e. The van der Waals surface area contributed by atoms with Crippen LogP contribution in [0.1, 0.15) is 33.8 Å². The Hall–Kier alpha value is -2.37. The standard InChI is InChI=1S/C24H31N3O2/c1-19-7-8-21(17-23(19)27-13-15-29-16-14-27)24(28)25-10-12-26-11-9-22(18-26)20-5-3-2-4-6-20/h2-8,17,22H,9-16,18H2,1H3,(H,25,28). The summed E-state index contributed by atoms with van der Waals surface area (Å²) in [7, 11) is 0. The van der Waals surface area contributed by atoms with E-state index in [1.165, 1.54) is 17.5 Å². The Morgan fingerprint density at radius 2 is 1.90 bits per heavy atom. The Morgan fingerprint density at radius 3 is 2.69 bits per heavy atom. The van der Waals surface area contributed by atoms with Gasteiger partial charge in [0.2, 0.25) is 0 Å². The van der Waals surface area contributed by atoms with Gasteiger partial charge in [-0.05, 0) is 49.1 Å². The molecule has 1 amide bonds. The average molecular weight is 394 g/mol. The van der Waals surface area contributed by atoms with Crippen molar-refractivity contribution in [3.05, 3.63) is 65.2 Å². The number of hydrogen-bond acceptors (Lipinski definition) is 4. The lowest BCUT2D eigenvalue weighted by Crippen LogP contribution is -2.37. The molecule has 0 spiro atoms. The molecule has 5 heteroatoms. The summed E-state index contributed by atoms with van der Waals surface area (Å²) in [4.78, 5) is 17.4. The zero-order chi connectivity index (χ0) is 20.1. The molecule has 0 aromatic heterocycles. The molecule has 0 radical (unpaired) electrons. The highest BCUT2D eigenvalue weighted by Crippen LogP contribution is 2.26. The number of carbonyl (C=O) groups excluding carboxylic acids is 1. The summed E-state index contributed by atoms with van der Waals surface area (Å²) in [5, 5.41) is 3.11. The zero-order valence-corrected chi connectivity index (χ0v) is 17.3. The highest BCUT2D eigenvalue weighted by molar-refractivity contribution is 5.95. The third-order valence-corrected chi connectivity index (χ3v) is 6.08. The number of nitrogens with zero attached hydrogens (tertiary/aromatic N) is 2. The van der Waals surface area contributed by atoms with Crippen molar-refractivity contribution in [1.82, 2.24) is 10.2 Å². The van der Waals surface area contributed by atoms with Crippen LogP contribution in [0, 0.1) is 6.92 Å². The van der Waals surface area contributed by atoms with Crippen LogP contribution in [0.2, 0.25) is 0 Å². The predicted octanol–water partition coefficient (Wildman–Crippen LogP) is 3.05. The van der Waals surface area contributed by atoms with E-state index in [2.05, 4.69) is 52.4 Å². The molecule has 1 N–H and O–H groups in total. The van der Waals surface area contributed by atoms with Gasteiger partial charge in [-0.2, -0.15) is 0 Å². The van der Waals surface area contributed by atoms with E-state index in [0.29, 0.717) is 12.5 Å². The minimum absolute atomic E-state index is 0.0123. The summed E-state index contributed by atoms with van der Waals surface area (Å²) >= 11 is 0. The second-order valence-corrected chi connectivity index (χ2v) is 8.05. The van der Waals surface area contributed by atoms with Gasteiger partial charge in [0.05, 0.1) is 13.2 Å². The van der Waals surface area contributed by atoms with E-state index in [9.17, 15) is 4.79 Å². The first-order chi connectivity index (χ1) is 14.2. The topological polar surface area (TPSA) is 44.8 Å². The molecule has 2 aliphatic rings.